The highest BCUT2D eigenvalue weighted by atomic mass is 32.2. The average Bonchev–Trinajstić information content (AvgIpc) is 3.00. The summed E-state index contributed by atoms with van der Waals surface area (Å²) in [5.41, 5.74) is 2.70. The highest BCUT2D eigenvalue weighted by Crippen LogP contribution is 2.37. The topological polar surface area (TPSA) is 42.0 Å². The van der Waals surface area contributed by atoms with Crippen molar-refractivity contribution in [3.05, 3.63) is 52.9 Å². The fraction of sp³-hybridized carbons (Fsp3) is 0.304. The van der Waals surface area contributed by atoms with Gasteiger partial charge in [0.05, 0.1) is 23.8 Å². The van der Waals surface area contributed by atoms with E-state index >= 15 is 0 Å². The number of carbonyl (C=O) groups excluding carboxylic acids is 1. The first-order valence-electron chi connectivity index (χ1n) is 9.89. The third-order valence-corrected chi connectivity index (χ3v) is 5.75. The summed E-state index contributed by atoms with van der Waals surface area (Å²) < 4.78 is 12.0. The molecule has 0 spiro atoms. The van der Waals surface area contributed by atoms with Crippen LogP contribution in [0.5, 0.6) is 11.5 Å². The van der Waals surface area contributed by atoms with Gasteiger partial charge in [0, 0.05) is 19.8 Å². The summed E-state index contributed by atoms with van der Waals surface area (Å²) in [6.07, 6.45) is 2.77. The zero-order valence-corrected chi connectivity index (χ0v) is 19.3. The van der Waals surface area contributed by atoms with Gasteiger partial charge in [0.2, 0.25) is 0 Å². The Kier molecular flexibility index (Phi) is 7.39. The highest BCUT2D eigenvalue weighted by molar-refractivity contribution is 8.27. The minimum Gasteiger partial charge on any atom is -0.490 e. The predicted octanol–water partition coefficient (Wildman–Crippen LogP) is 5.35. The molecule has 1 aliphatic heterocycles. The van der Waals surface area contributed by atoms with Crippen molar-refractivity contribution in [2.75, 3.05) is 37.1 Å². The molecule has 158 valence electrons. The Labute approximate surface area is 187 Å². The van der Waals surface area contributed by atoms with Crippen molar-refractivity contribution in [1.29, 1.82) is 0 Å². The molecular weight excluding hydrogens is 416 g/mol. The molecule has 2 aromatic carbocycles. The van der Waals surface area contributed by atoms with E-state index in [1.165, 1.54) is 11.8 Å². The second-order valence-corrected chi connectivity index (χ2v) is 8.59. The molecule has 7 heteroatoms. The number of nitrogens with zero attached hydrogens (tertiary/aromatic N) is 2. The minimum absolute atomic E-state index is 0.119. The zero-order valence-electron chi connectivity index (χ0n) is 17.7. The first-order valence-corrected chi connectivity index (χ1v) is 11.1. The Morgan fingerprint density at radius 2 is 1.80 bits per heavy atom. The number of ether oxygens (including phenoxy) is 2. The molecule has 1 fully saturated rings. The SMILES string of the molecule is CCCOc1ccc(/C=C2\SC(=S)N(c3ccc(N(C)C)cc3)C2=O)cc1OCC. The molecule has 0 aliphatic carbocycles. The monoisotopic (exact) mass is 442 g/mol. The number of hydrogen-bond acceptors (Lipinski definition) is 6. The Hall–Kier alpha value is -2.51. The minimum atomic E-state index is -0.119. The zero-order chi connectivity index (χ0) is 21.7. The molecule has 0 saturated carbocycles. The standard InChI is InChI=1S/C23H26N2O3S2/c1-5-13-28-19-12-7-16(14-20(19)27-6-2)15-21-22(26)25(23(29)30-21)18-10-8-17(9-11-18)24(3)4/h7-12,14-15H,5-6,13H2,1-4H3/b21-15-. The maximum Gasteiger partial charge on any atom is 0.270 e. The summed E-state index contributed by atoms with van der Waals surface area (Å²) in [4.78, 5) is 17.2. The van der Waals surface area contributed by atoms with Gasteiger partial charge in [-0.25, -0.2) is 0 Å². The number of rotatable bonds is 8. The molecule has 3 rings (SSSR count). The molecule has 0 bridgehead atoms. The number of amides is 1. The van der Waals surface area contributed by atoms with Gasteiger partial charge in [-0.1, -0.05) is 37.0 Å². The third-order valence-electron chi connectivity index (χ3n) is 4.45. The lowest BCUT2D eigenvalue weighted by Crippen LogP contribution is -2.27. The molecule has 1 aliphatic rings. The Bertz CT molecular complexity index is 955. The fourth-order valence-corrected chi connectivity index (χ4v) is 4.25. The Morgan fingerprint density at radius 1 is 1.07 bits per heavy atom. The van der Waals surface area contributed by atoms with Gasteiger partial charge in [0.25, 0.3) is 5.91 Å². The van der Waals surface area contributed by atoms with Gasteiger partial charge in [-0.05, 0) is 61.4 Å². The molecule has 0 unspecified atom stereocenters. The van der Waals surface area contributed by atoms with Crippen molar-refractivity contribution in [2.45, 2.75) is 20.3 Å². The number of carbonyl (C=O) groups is 1. The Balaban J connectivity index is 1.85. The summed E-state index contributed by atoms with van der Waals surface area (Å²) in [7, 11) is 3.96. The van der Waals surface area contributed by atoms with Crippen LogP contribution in [0.25, 0.3) is 6.08 Å². The van der Waals surface area contributed by atoms with Crippen LogP contribution < -0.4 is 19.3 Å². The molecule has 30 heavy (non-hydrogen) atoms. The maximum atomic E-state index is 13.0. The predicted molar refractivity (Wildman–Crippen MR) is 130 cm³/mol. The van der Waals surface area contributed by atoms with Crippen molar-refractivity contribution in [2.24, 2.45) is 0 Å². The lowest BCUT2D eigenvalue weighted by atomic mass is 10.1. The number of anilines is 2. The van der Waals surface area contributed by atoms with E-state index < -0.39 is 0 Å². The van der Waals surface area contributed by atoms with Crippen LogP contribution in [-0.2, 0) is 4.79 Å². The quantitative estimate of drug-likeness (QED) is 0.406. The van der Waals surface area contributed by atoms with E-state index in [2.05, 4.69) is 6.92 Å². The normalized spacial score (nSPS) is 15.1. The van der Waals surface area contributed by atoms with Crippen molar-refractivity contribution in [1.82, 2.24) is 0 Å². The molecule has 0 aromatic heterocycles. The summed E-state index contributed by atoms with van der Waals surface area (Å²) in [5.74, 6) is 1.27. The number of benzene rings is 2. The smallest absolute Gasteiger partial charge is 0.270 e. The van der Waals surface area contributed by atoms with E-state index in [-0.39, 0.29) is 5.91 Å². The van der Waals surface area contributed by atoms with E-state index in [0.717, 1.165) is 23.4 Å². The van der Waals surface area contributed by atoms with Crippen molar-refractivity contribution in [3.63, 3.8) is 0 Å². The molecular formula is C23H26N2O3S2. The lowest BCUT2D eigenvalue weighted by Gasteiger charge is -2.17. The molecule has 0 N–H and O–H groups in total. The summed E-state index contributed by atoms with van der Waals surface area (Å²) >= 11 is 6.79. The van der Waals surface area contributed by atoms with E-state index in [9.17, 15) is 4.79 Å². The summed E-state index contributed by atoms with van der Waals surface area (Å²) in [5, 5.41) is 0. The van der Waals surface area contributed by atoms with Gasteiger partial charge in [-0.2, -0.15) is 0 Å². The van der Waals surface area contributed by atoms with Crippen molar-refractivity contribution >= 4 is 51.7 Å². The van der Waals surface area contributed by atoms with E-state index in [4.69, 9.17) is 21.7 Å². The van der Waals surface area contributed by atoms with Crippen LogP contribution in [0, 0.1) is 0 Å². The summed E-state index contributed by atoms with van der Waals surface area (Å²) in [6, 6.07) is 13.5. The number of thioether (sulfide) groups is 1. The van der Waals surface area contributed by atoms with Crippen LogP contribution in [0.3, 0.4) is 0 Å². The van der Waals surface area contributed by atoms with E-state index in [1.807, 2.05) is 74.5 Å². The molecule has 0 radical (unpaired) electrons. The number of hydrogen-bond donors (Lipinski definition) is 0. The molecule has 0 atom stereocenters. The van der Waals surface area contributed by atoms with Gasteiger partial charge in [0.15, 0.2) is 15.8 Å². The van der Waals surface area contributed by atoms with Crippen LogP contribution in [0.1, 0.15) is 25.8 Å². The first kappa shape index (κ1) is 22.2. The highest BCUT2D eigenvalue weighted by Gasteiger charge is 2.33. The van der Waals surface area contributed by atoms with Gasteiger partial charge < -0.3 is 14.4 Å². The van der Waals surface area contributed by atoms with Crippen LogP contribution in [0.2, 0.25) is 0 Å². The third kappa shape index (κ3) is 4.96. The van der Waals surface area contributed by atoms with E-state index in [0.29, 0.717) is 33.9 Å². The molecule has 1 saturated heterocycles. The van der Waals surface area contributed by atoms with Gasteiger partial charge in [-0.15, -0.1) is 0 Å². The van der Waals surface area contributed by atoms with Gasteiger partial charge >= 0.3 is 0 Å². The second kappa shape index (κ2) is 10.00. The maximum absolute atomic E-state index is 13.0. The molecule has 1 heterocycles. The summed E-state index contributed by atoms with van der Waals surface area (Å²) in [6.45, 7) is 5.16. The Morgan fingerprint density at radius 3 is 2.43 bits per heavy atom. The molecule has 2 aromatic rings. The number of thiocarbonyl (C=S) groups is 1. The van der Waals surface area contributed by atoms with Crippen LogP contribution in [0.4, 0.5) is 11.4 Å². The first-order chi connectivity index (χ1) is 14.4. The molecule has 5 nitrogen and oxygen atoms in total. The fourth-order valence-electron chi connectivity index (χ4n) is 2.96. The largest absolute Gasteiger partial charge is 0.490 e. The average molecular weight is 443 g/mol. The van der Waals surface area contributed by atoms with Crippen LogP contribution in [-0.4, -0.2) is 37.5 Å². The van der Waals surface area contributed by atoms with E-state index in [1.54, 1.807) is 4.90 Å². The second-order valence-electron chi connectivity index (χ2n) is 6.92. The lowest BCUT2D eigenvalue weighted by molar-refractivity contribution is -0.113. The van der Waals surface area contributed by atoms with Crippen LogP contribution in [0.15, 0.2) is 47.4 Å². The van der Waals surface area contributed by atoms with Gasteiger partial charge in [0.1, 0.15) is 0 Å². The van der Waals surface area contributed by atoms with Gasteiger partial charge in [-0.3, -0.25) is 9.69 Å². The van der Waals surface area contributed by atoms with Crippen LogP contribution >= 0.6 is 24.0 Å². The van der Waals surface area contributed by atoms with Crippen molar-refractivity contribution < 1.29 is 14.3 Å². The molecule has 1 amide bonds. The van der Waals surface area contributed by atoms with Crippen molar-refractivity contribution in [3.8, 4) is 11.5 Å².